The van der Waals surface area contributed by atoms with Crippen molar-refractivity contribution < 1.29 is 9.90 Å². The fraction of sp³-hybridized carbons (Fsp3) is 0.333. The van der Waals surface area contributed by atoms with Crippen LogP contribution in [0.5, 0.6) is 0 Å². The monoisotopic (exact) mass is 305 g/mol. The first-order valence-corrected chi connectivity index (χ1v) is 7.66. The minimum atomic E-state index is -0.553. The first-order chi connectivity index (χ1) is 10.0. The fourth-order valence-electron chi connectivity index (χ4n) is 1.85. The van der Waals surface area contributed by atoms with Crippen molar-refractivity contribution in [3.8, 4) is 0 Å². The molecule has 0 saturated carbocycles. The first kappa shape index (κ1) is 15.5. The largest absolute Gasteiger partial charge is 0.389 e. The maximum atomic E-state index is 11.8. The number of aromatic nitrogens is 1. The van der Waals surface area contributed by atoms with Crippen LogP contribution < -0.4 is 10.6 Å². The number of hydrogen-bond donors (Lipinski definition) is 3. The van der Waals surface area contributed by atoms with Crippen LogP contribution in [0.25, 0.3) is 0 Å². The van der Waals surface area contributed by atoms with E-state index in [9.17, 15) is 9.90 Å². The van der Waals surface area contributed by atoms with Crippen LogP contribution in [0.2, 0.25) is 0 Å². The van der Waals surface area contributed by atoms with Crippen molar-refractivity contribution in [3.63, 3.8) is 0 Å². The number of aliphatic hydroxyl groups is 1. The van der Waals surface area contributed by atoms with Gasteiger partial charge in [-0.1, -0.05) is 12.1 Å². The van der Waals surface area contributed by atoms with Gasteiger partial charge in [0.05, 0.1) is 11.1 Å². The number of thiazole rings is 1. The average Bonchev–Trinajstić information content (AvgIpc) is 2.84. The van der Waals surface area contributed by atoms with E-state index in [1.165, 1.54) is 0 Å². The van der Waals surface area contributed by atoms with Crippen molar-refractivity contribution in [2.24, 2.45) is 0 Å². The Balaban J connectivity index is 1.80. The highest BCUT2D eigenvalue weighted by molar-refractivity contribution is 7.09. The van der Waals surface area contributed by atoms with Gasteiger partial charge in [-0.2, -0.15) is 0 Å². The lowest BCUT2D eigenvalue weighted by Crippen LogP contribution is -2.30. The molecule has 2 amide bonds. The molecular formula is C15H19N3O2S. The third kappa shape index (κ3) is 4.84. The Kier molecular flexibility index (Phi) is 5.30. The summed E-state index contributed by atoms with van der Waals surface area (Å²) in [5, 5.41) is 18.1. The SMILES string of the molecule is Cc1csc(CCNC(=O)Nc2cccc(C(C)O)c2)n1. The molecule has 0 saturated heterocycles. The molecule has 0 spiro atoms. The van der Waals surface area contributed by atoms with E-state index < -0.39 is 6.10 Å². The van der Waals surface area contributed by atoms with Crippen LogP contribution in [0.3, 0.4) is 0 Å². The van der Waals surface area contributed by atoms with Gasteiger partial charge < -0.3 is 15.7 Å². The number of benzene rings is 1. The lowest BCUT2D eigenvalue weighted by atomic mass is 10.1. The summed E-state index contributed by atoms with van der Waals surface area (Å²) in [6, 6.07) is 6.91. The Hall–Kier alpha value is -1.92. The van der Waals surface area contributed by atoms with Crippen LogP contribution >= 0.6 is 11.3 Å². The van der Waals surface area contributed by atoms with Crippen LogP contribution in [0.15, 0.2) is 29.6 Å². The van der Waals surface area contributed by atoms with Gasteiger partial charge >= 0.3 is 6.03 Å². The molecule has 0 radical (unpaired) electrons. The second-order valence-electron chi connectivity index (χ2n) is 4.81. The molecular weight excluding hydrogens is 286 g/mol. The normalized spacial score (nSPS) is 12.0. The molecule has 21 heavy (non-hydrogen) atoms. The third-order valence-electron chi connectivity index (χ3n) is 2.92. The van der Waals surface area contributed by atoms with E-state index in [1.54, 1.807) is 36.5 Å². The molecule has 1 aromatic carbocycles. The number of amides is 2. The average molecular weight is 305 g/mol. The van der Waals surface area contributed by atoms with Crippen molar-refractivity contribution >= 4 is 23.1 Å². The summed E-state index contributed by atoms with van der Waals surface area (Å²) in [7, 11) is 0. The second-order valence-corrected chi connectivity index (χ2v) is 5.76. The zero-order valence-corrected chi connectivity index (χ0v) is 12.9. The van der Waals surface area contributed by atoms with Crippen molar-refractivity contribution in [1.29, 1.82) is 0 Å². The van der Waals surface area contributed by atoms with E-state index in [0.29, 0.717) is 12.2 Å². The van der Waals surface area contributed by atoms with Crippen molar-refractivity contribution in [3.05, 3.63) is 45.9 Å². The fourth-order valence-corrected chi connectivity index (χ4v) is 2.63. The Labute approximate surface area is 128 Å². The van der Waals surface area contributed by atoms with E-state index in [0.717, 1.165) is 22.7 Å². The number of carbonyl (C=O) groups is 1. The highest BCUT2D eigenvalue weighted by Crippen LogP contribution is 2.16. The Bertz CT molecular complexity index is 610. The lowest BCUT2D eigenvalue weighted by Gasteiger charge is -2.09. The molecule has 1 atom stereocenters. The molecule has 5 nitrogen and oxygen atoms in total. The van der Waals surface area contributed by atoms with Gasteiger partial charge in [0, 0.05) is 29.7 Å². The number of aryl methyl sites for hydroxylation is 1. The molecule has 3 N–H and O–H groups in total. The van der Waals surface area contributed by atoms with E-state index in [4.69, 9.17) is 0 Å². The molecule has 0 bridgehead atoms. The minimum Gasteiger partial charge on any atom is -0.389 e. The number of nitrogens with zero attached hydrogens (tertiary/aromatic N) is 1. The molecule has 1 heterocycles. The summed E-state index contributed by atoms with van der Waals surface area (Å²) in [5.41, 5.74) is 2.44. The van der Waals surface area contributed by atoms with Gasteiger partial charge in [-0.3, -0.25) is 0 Å². The van der Waals surface area contributed by atoms with Crippen LogP contribution in [0.4, 0.5) is 10.5 Å². The van der Waals surface area contributed by atoms with Gasteiger partial charge in [0.1, 0.15) is 0 Å². The van der Waals surface area contributed by atoms with Crippen LogP contribution in [0.1, 0.15) is 29.3 Å². The van der Waals surface area contributed by atoms with Gasteiger partial charge in [0.15, 0.2) is 0 Å². The standard InChI is InChI=1S/C15H19N3O2S/c1-10-9-21-14(17-10)6-7-16-15(20)18-13-5-3-4-12(8-13)11(2)19/h3-5,8-9,11,19H,6-7H2,1-2H3,(H2,16,18,20). The molecule has 2 aromatic rings. The van der Waals surface area contributed by atoms with Crippen molar-refractivity contribution in [1.82, 2.24) is 10.3 Å². The summed E-state index contributed by atoms with van der Waals surface area (Å²) in [5.74, 6) is 0. The van der Waals surface area contributed by atoms with Gasteiger partial charge in [0.25, 0.3) is 0 Å². The third-order valence-corrected chi connectivity index (χ3v) is 3.94. The van der Waals surface area contributed by atoms with E-state index in [2.05, 4.69) is 15.6 Å². The maximum absolute atomic E-state index is 11.8. The molecule has 2 rings (SSSR count). The summed E-state index contributed by atoms with van der Waals surface area (Å²) in [4.78, 5) is 16.1. The summed E-state index contributed by atoms with van der Waals surface area (Å²) in [6.45, 7) is 4.18. The zero-order chi connectivity index (χ0) is 15.2. The lowest BCUT2D eigenvalue weighted by molar-refractivity contribution is 0.199. The predicted octanol–water partition coefficient (Wildman–Crippen LogP) is 2.87. The topological polar surface area (TPSA) is 74.2 Å². The van der Waals surface area contributed by atoms with Crippen LogP contribution in [-0.2, 0) is 6.42 Å². The number of rotatable bonds is 5. The minimum absolute atomic E-state index is 0.258. The quantitative estimate of drug-likeness (QED) is 0.795. The number of carbonyl (C=O) groups excluding carboxylic acids is 1. The molecule has 1 aromatic heterocycles. The van der Waals surface area contributed by atoms with Crippen LogP contribution in [-0.4, -0.2) is 22.7 Å². The Morgan fingerprint density at radius 3 is 2.95 bits per heavy atom. The molecule has 0 aliphatic heterocycles. The van der Waals surface area contributed by atoms with E-state index in [1.807, 2.05) is 18.4 Å². The second kappa shape index (κ2) is 7.19. The van der Waals surface area contributed by atoms with Crippen molar-refractivity contribution in [2.45, 2.75) is 26.4 Å². The van der Waals surface area contributed by atoms with Gasteiger partial charge in [-0.05, 0) is 31.5 Å². The van der Waals surface area contributed by atoms with Gasteiger partial charge in [0.2, 0.25) is 0 Å². The van der Waals surface area contributed by atoms with Crippen molar-refractivity contribution in [2.75, 3.05) is 11.9 Å². The number of anilines is 1. The van der Waals surface area contributed by atoms with Gasteiger partial charge in [-0.15, -0.1) is 11.3 Å². The molecule has 0 aliphatic rings. The number of hydrogen-bond acceptors (Lipinski definition) is 4. The molecule has 6 heteroatoms. The smallest absolute Gasteiger partial charge is 0.319 e. The first-order valence-electron chi connectivity index (χ1n) is 6.78. The van der Waals surface area contributed by atoms with E-state index in [-0.39, 0.29) is 6.03 Å². The summed E-state index contributed by atoms with van der Waals surface area (Å²) >= 11 is 1.60. The zero-order valence-electron chi connectivity index (χ0n) is 12.1. The molecule has 1 unspecified atom stereocenters. The highest BCUT2D eigenvalue weighted by Gasteiger charge is 2.05. The summed E-state index contributed by atoms with van der Waals surface area (Å²) in [6.07, 6.45) is 0.169. The number of urea groups is 1. The number of nitrogens with one attached hydrogen (secondary N) is 2. The van der Waals surface area contributed by atoms with Crippen LogP contribution in [0, 0.1) is 6.92 Å². The Morgan fingerprint density at radius 1 is 1.48 bits per heavy atom. The molecule has 112 valence electrons. The molecule has 0 fully saturated rings. The number of aliphatic hydroxyl groups excluding tert-OH is 1. The van der Waals surface area contributed by atoms with E-state index >= 15 is 0 Å². The predicted molar refractivity (Wildman–Crippen MR) is 84.7 cm³/mol. The highest BCUT2D eigenvalue weighted by atomic mass is 32.1. The maximum Gasteiger partial charge on any atom is 0.319 e. The van der Waals surface area contributed by atoms with Gasteiger partial charge in [-0.25, -0.2) is 9.78 Å². The summed E-state index contributed by atoms with van der Waals surface area (Å²) < 4.78 is 0. The Morgan fingerprint density at radius 2 is 2.29 bits per heavy atom. The molecule has 0 aliphatic carbocycles.